The number of Topliss-reactive ketones (excluding diaryl/α,β-unsaturated/α-hetero) is 1. The predicted octanol–water partition coefficient (Wildman–Crippen LogP) is 2.80. The van der Waals surface area contributed by atoms with Crippen molar-refractivity contribution < 1.29 is 19.4 Å². The zero-order valence-electron chi connectivity index (χ0n) is 16.1. The molecule has 0 aliphatic carbocycles. The van der Waals surface area contributed by atoms with Gasteiger partial charge in [-0.2, -0.15) is 0 Å². The van der Waals surface area contributed by atoms with Crippen LogP contribution in [-0.2, 0) is 14.3 Å². The van der Waals surface area contributed by atoms with Crippen LogP contribution in [0.15, 0.2) is 41.7 Å². The number of aliphatic hydroxyl groups excluding tert-OH is 1. The Bertz CT molecular complexity index is 946. The van der Waals surface area contributed by atoms with E-state index in [-0.39, 0.29) is 17.1 Å². The second-order valence-corrected chi connectivity index (χ2v) is 7.30. The number of carbonyl (C=O) groups excluding carboxylic acids is 1. The van der Waals surface area contributed by atoms with Crippen molar-refractivity contribution in [3.63, 3.8) is 0 Å². The van der Waals surface area contributed by atoms with Gasteiger partial charge in [-0.05, 0) is 43.9 Å². The molecule has 2 aliphatic heterocycles. The van der Waals surface area contributed by atoms with Gasteiger partial charge in [0.1, 0.15) is 11.2 Å². The third-order valence-electron chi connectivity index (χ3n) is 5.19. The van der Waals surface area contributed by atoms with Gasteiger partial charge in [0.05, 0.1) is 0 Å². The summed E-state index contributed by atoms with van der Waals surface area (Å²) in [7, 11) is 0. The lowest BCUT2D eigenvalue weighted by atomic mass is 10.00. The van der Waals surface area contributed by atoms with Gasteiger partial charge in [0.15, 0.2) is 12.0 Å². The van der Waals surface area contributed by atoms with Crippen molar-refractivity contribution in [2.24, 2.45) is 5.92 Å². The minimum atomic E-state index is -1.31. The number of ketones is 1. The monoisotopic (exact) mass is 383 g/mol. The van der Waals surface area contributed by atoms with Crippen molar-refractivity contribution in [3.05, 3.63) is 47.3 Å². The van der Waals surface area contributed by atoms with E-state index in [1.165, 1.54) is 0 Å². The summed E-state index contributed by atoms with van der Waals surface area (Å²) in [6, 6.07) is 3.78. The van der Waals surface area contributed by atoms with Crippen molar-refractivity contribution in [3.8, 4) is 0 Å². The zero-order chi connectivity index (χ0) is 19.7. The first kappa shape index (κ1) is 18.7. The second kappa shape index (κ2) is 7.77. The highest BCUT2D eigenvalue weighted by atomic mass is 16.6. The third kappa shape index (κ3) is 3.43. The van der Waals surface area contributed by atoms with Gasteiger partial charge in [0, 0.05) is 43.0 Å². The van der Waals surface area contributed by atoms with Crippen LogP contribution in [0, 0.1) is 5.92 Å². The number of hydrogen-bond acceptors (Lipinski definition) is 6. The lowest BCUT2D eigenvalue weighted by Gasteiger charge is -2.33. The maximum absolute atomic E-state index is 13.1. The van der Waals surface area contributed by atoms with Crippen LogP contribution in [0.25, 0.3) is 17.1 Å². The fraction of sp³-hybridized carbons (Fsp3) is 0.429. The van der Waals surface area contributed by atoms with Gasteiger partial charge in [-0.3, -0.25) is 4.79 Å². The molecule has 1 saturated heterocycles. The second-order valence-electron chi connectivity index (χ2n) is 7.30. The third-order valence-corrected chi connectivity index (χ3v) is 5.19. The molecule has 4 heterocycles. The van der Waals surface area contributed by atoms with Gasteiger partial charge in [-0.1, -0.05) is 6.92 Å². The van der Waals surface area contributed by atoms with Crippen LogP contribution in [0.5, 0.6) is 0 Å². The molecule has 0 aromatic carbocycles. The number of nitrogens with zero attached hydrogens (tertiary/aromatic N) is 2. The summed E-state index contributed by atoms with van der Waals surface area (Å²) in [5, 5.41) is 11.4. The van der Waals surface area contributed by atoms with Crippen LogP contribution < -0.4 is 0 Å². The Morgan fingerprint density at radius 1 is 1.54 bits per heavy atom. The summed E-state index contributed by atoms with van der Waals surface area (Å²) >= 11 is 0. The highest BCUT2D eigenvalue weighted by Crippen LogP contribution is 2.34. The lowest BCUT2D eigenvalue weighted by molar-refractivity contribution is -0.119. The van der Waals surface area contributed by atoms with E-state index in [1.54, 1.807) is 25.4 Å². The zero-order valence-corrected chi connectivity index (χ0v) is 16.1. The number of carbonyl (C=O) groups is 1. The number of aliphatic hydroxyl groups is 1. The minimum absolute atomic E-state index is 0.181. The molecule has 7 nitrogen and oxygen atoms in total. The number of nitrogens with one attached hydrogen (secondary N) is 1. The predicted molar refractivity (Wildman–Crippen MR) is 105 cm³/mol. The molecule has 2 unspecified atom stereocenters. The largest absolute Gasteiger partial charge is 0.436 e. The van der Waals surface area contributed by atoms with Crippen LogP contribution >= 0.6 is 0 Å². The van der Waals surface area contributed by atoms with Gasteiger partial charge in [0.2, 0.25) is 11.7 Å². The average Bonchev–Trinajstić information content (AvgIpc) is 3.24. The lowest BCUT2D eigenvalue weighted by Crippen LogP contribution is -2.35. The topological polar surface area (TPSA) is 87.7 Å². The standard InChI is InChI=1S/C21H25N3O4/c1-3-27-21(26)17-18(25)16(28-20(17)24-9-5-6-13(2)12-24)10-14-11-23-19-15(14)7-4-8-22-19/h4,7-8,10-11,13,21,26H,3,5-6,9,12H2,1-2H3,(H,22,23)/b16-10-. The van der Waals surface area contributed by atoms with E-state index in [9.17, 15) is 9.90 Å². The Labute approximate surface area is 163 Å². The molecule has 1 fully saturated rings. The average molecular weight is 383 g/mol. The number of pyridine rings is 1. The number of allylic oxidation sites excluding steroid dienone is 1. The molecule has 2 aromatic rings. The number of rotatable bonds is 5. The SMILES string of the molecule is CCOC(O)C1=C(N2CCCC(C)C2)O/C(=C\c2c[nH]c3ncccc23)C1=O. The van der Waals surface area contributed by atoms with E-state index >= 15 is 0 Å². The Morgan fingerprint density at radius 2 is 2.39 bits per heavy atom. The summed E-state index contributed by atoms with van der Waals surface area (Å²) < 4.78 is 11.3. The summed E-state index contributed by atoms with van der Waals surface area (Å²) in [6.45, 7) is 5.84. The number of fused-ring (bicyclic) bond motifs is 1. The molecular formula is C21H25N3O4. The van der Waals surface area contributed by atoms with Crippen molar-refractivity contribution in [2.45, 2.75) is 33.0 Å². The van der Waals surface area contributed by atoms with E-state index in [2.05, 4.69) is 16.9 Å². The Morgan fingerprint density at radius 3 is 3.18 bits per heavy atom. The van der Waals surface area contributed by atoms with E-state index < -0.39 is 6.29 Å². The quantitative estimate of drug-likeness (QED) is 0.610. The van der Waals surface area contributed by atoms with E-state index in [1.807, 2.05) is 17.0 Å². The molecule has 0 radical (unpaired) electrons. The van der Waals surface area contributed by atoms with Gasteiger partial charge in [0.25, 0.3) is 0 Å². The molecule has 0 amide bonds. The number of H-pyrrole nitrogens is 1. The molecule has 0 spiro atoms. The number of likely N-dealkylation sites (tertiary alicyclic amines) is 1. The summed E-state index contributed by atoms with van der Waals surface area (Å²) in [4.78, 5) is 22.5. The van der Waals surface area contributed by atoms with E-state index in [4.69, 9.17) is 9.47 Å². The fourth-order valence-corrected chi connectivity index (χ4v) is 3.84. The molecule has 2 atom stereocenters. The number of aromatic amines is 1. The van der Waals surface area contributed by atoms with Crippen LogP contribution in [-0.4, -0.2) is 51.7 Å². The molecule has 7 heteroatoms. The van der Waals surface area contributed by atoms with Gasteiger partial charge in [-0.25, -0.2) is 4.98 Å². The summed E-state index contributed by atoms with van der Waals surface area (Å²) in [5.41, 5.74) is 1.73. The minimum Gasteiger partial charge on any atom is -0.436 e. The first-order chi connectivity index (χ1) is 13.6. The fourth-order valence-electron chi connectivity index (χ4n) is 3.84. The molecule has 2 N–H and O–H groups in total. The number of hydrogen-bond donors (Lipinski definition) is 2. The Balaban J connectivity index is 1.70. The van der Waals surface area contributed by atoms with Crippen LogP contribution in [0.1, 0.15) is 32.3 Å². The highest BCUT2D eigenvalue weighted by Gasteiger charge is 2.39. The molecule has 148 valence electrons. The Hall–Kier alpha value is -2.64. The highest BCUT2D eigenvalue weighted by molar-refractivity contribution is 6.12. The van der Waals surface area contributed by atoms with Gasteiger partial charge >= 0.3 is 0 Å². The molecule has 28 heavy (non-hydrogen) atoms. The van der Waals surface area contributed by atoms with Crippen molar-refractivity contribution in [1.29, 1.82) is 0 Å². The van der Waals surface area contributed by atoms with Crippen molar-refractivity contribution in [1.82, 2.24) is 14.9 Å². The smallest absolute Gasteiger partial charge is 0.234 e. The molecule has 2 aromatic heterocycles. The van der Waals surface area contributed by atoms with Gasteiger partial charge < -0.3 is 24.5 Å². The van der Waals surface area contributed by atoms with Crippen LogP contribution in [0.4, 0.5) is 0 Å². The number of aromatic nitrogens is 2. The molecule has 4 rings (SSSR count). The molecule has 0 saturated carbocycles. The maximum Gasteiger partial charge on any atom is 0.234 e. The van der Waals surface area contributed by atoms with E-state index in [0.29, 0.717) is 18.4 Å². The summed E-state index contributed by atoms with van der Waals surface area (Å²) in [6.07, 6.45) is 6.06. The first-order valence-electron chi connectivity index (χ1n) is 9.73. The summed E-state index contributed by atoms with van der Waals surface area (Å²) in [5.74, 6) is 0.763. The van der Waals surface area contributed by atoms with Crippen LogP contribution in [0.2, 0.25) is 0 Å². The number of ether oxygens (including phenoxy) is 2. The number of piperidine rings is 1. The van der Waals surface area contributed by atoms with Gasteiger partial charge in [-0.15, -0.1) is 0 Å². The van der Waals surface area contributed by atoms with Crippen molar-refractivity contribution in [2.75, 3.05) is 19.7 Å². The Kier molecular flexibility index (Phi) is 5.19. The molecular weight excluding hydrogens is 358 g/mol. The van der Waals surface area contributed by atoms with Crippen molar-refractivity contribution >= 4 is 22.9 Å². The molecule has 0 bridgehead atoms. The van der Waals surface area contributed by atoms with Crippen LogP contribution in [0.3, 0.4) is 0 Å². The first-order valence-corrected chi connectivity index (χ1v) is 9.73. The normalized spacial score (nSPS) is 23.0. The van der Waals surface area contributed by atoms with E-state index in [0.717, 1.165) is 42.5 Å². The maximum atomic E-state index is 13.1. The molecule has 2 aliphatic rings.